The molecule has 1 aliphatic rings. The van der Waals surface area contributed by atoms with E-state index in [9.17, 15) is 61.5 Å². The van der Waals surface area contributed by atoms with Gasteiger partial charge in [0.25, 0.3) is 5.92 Å². The van der Waals surface area contributed by atoms with Crippen LogP contribution in [0.1, 0.15) is 73.6 Å². The van der Waals surface area contributed by atoms with Crippen LogP contribution in [0.4, 0.5) is 54.5 Å². The van der Waals surface area contributed by atoms with Crippen molar-refractivity contribution in [3.63, 3.8) is 0 Å². The zero-order valence-electron chi connectivity index (χ0n) is 38.0. The Labute approximate surface area is 404 Å². The van der Waals surface area contributed by atoms with Crippen LogP contribution in [0.2, 0.25) is 5.02 Å². The second-order valence-corrected chi connectivity index (χ2v) is 22.0. The summed E-state index contributed by atoms with van der Waals surface area (Å²) in [7, 11) is -8.66. The van der Waals surface area contributed by atoms with Gasteiger partial charge in [-0.3, -0.25) is 14.2 Å². The molecule has 4 N–H and O–H groups in total. The number of pyridine rings is 1. The molecule has 3 atom stereocenters. The summed E-state index contributed by atoms with van der Waals surface area (Å²) in [6, 6.07) is 3.37. The molecular weight excluding hydrogens is 1030 g/mol. The van der Waals surface area contributed by atoms with Crippen molar-refractivity contribution < 1.29 is 70.3 Å². The maximum atomic E-state index is 15.8. The molecule has 3 aromatic heterocycles. The Bertz CT molecular complexity index is 3220. The highest BCUT2D eigenvalue weighted by molar-refractivity contribution is 7.93. The van der Waals surface area contributed by atoms with E-state index in [1.165, 1.54) is 13.8 Å². The Kier molecular flexibility index (Phi) is 14.7. The number of benzene rings is 2. The predicted octanol–water partition coefficient (Wildman–Crippen LogP) is 7.36. The zero-order chi connectivity index (χ0) is 53.1. The van der Waals surface area contributed by atoms with Gasteiger partial charge in [-0.2, -0.15) is 49.6 Å². The molecule has 1 aliphatic carbocycles. The number of urea groups is 1. The summed E-state index contributed by atoms with van der Waals surface area (Å²) < 4.78 is 198. The summed E-state index contributed by atoms with van der Waals surface area (Å²) in [5.41, 5.74) is -0.559. The number of alkyl halides is 8. The normalized spacial score (nSPS) is 16.6. The number of sulfone groups is 1. The van der Waals surface area contributed by atoms with E-state index in [0.717, 1.165) is 56.5 Å². The Morgan fingerprint density at radius 3 is 2.13 bits per heavy atom. The summed E-state index contributed by atoms with van der Waals surface area (Å²) in [6.45, 7) is 0.808. The van der Waals surface area contributed by atoms with E-state index < -0.39 is 148 Å². The minimum absolute atomic E-state index is 0.0394. The van der Waals surface area contributed by atoms with E-state index in [1.54, 1.807) is 0 Å². The minimum atomic E-state index is -5.26. The van der Waals surface area contributed by atoms with Gasteiger partial charge in [-0.25, -0.2) is 35.4 Å². The fraction of sp³-hybridized carbons (Fsp3) is 0.419. The van der Waals surface area contributed by atoms with Crippen LogP contribution in [-0.2, 0) is 56.3 Å². The van der Waals surface area contributed by atoms with Crippen molar-refractivity contribution in [2.75, 3.05) is 29.9 Å². The molecule has 0 bridgehead atoms. The number of amides is 3. The van der Waals surface area contributed by atoms with Gasteiger partial charge in [0.2, 0.25) is 15.9 Å². The maximum Gasteiger partial charge on any atom is 0.435 e. The number of aromatic nitrogens is 5. The molecule has 3 heterocycles. The van der Waals surface area contributed by atoms with Gasteiger partial charge < -0.3 is 16.4 Å². The minimum Gasteiger partial charge on any atom is -0.346 e. The molecule has 0 radical (unpaired) electrons. The highest BCUT2D eigenvalue weighted by Gasteiger charge is 2.57. The first kappa shape index (κ1) is 54.4. The molecule has 28 heteroatoms. The average Bonchev–Trinajstić information content (AvgIpc) is 3.84. The van der Waals surface area contributed by atoms with E-state index in [-0.39, 0.29) is 49.1 Å². The zero-order valence-corrected chi connectivity index (χ0v) is 40.4. The van der Waals surface area contributed by atoms with Gasteiger partial charge in [0.05, 0.1) is 33.9 Å². The monoisotopic (exact) mass is 1070 g/mol. The second-order valence-electron chi connectivity index (χ2n) is 17.2. The Balaban J connectivity index is 1.66. The number of sulfonamides is 1. The van der Waals surface area contributed by atoms with Crippen molar-refractivity contribution >= 4 is 60.1 Å². The van der Waals surface area contributed by atoms with Gasteiger partial charge in [0.1, 0.15) is 40.9 Å². The fourth-order valence-corrected chi connectivity index (χ4v) is 9.11. The first-order valence-corrected chi connectivity index (χ1v) is 25.0. The molecule has 0 aliphatic heterocycles. The highest BCUT2D eigenvalue weighted by atomic mass is 35.5. The molecule has 384 valence electrons. The number of nitrogens with two attached hydrogens (primary N) is 1. The van der Waals surface area contributed by atoms with Crippen LogP contribution in [0, 0.1) is 29.4 Å². The van der Waals surface area contributed by atoms with Gasteiger partial charge in [0.15, 0.2) is 21.3 Å². The lowest BCUT2D eigenvalue weighted by Gasteiger charge is -2.24. The van der Waals surface area contributed by atoms with Crippen molar-refractivity contribution in [2.24, 2.45) is 11.7 Å². The first-order chi connectivity index (χ1) is 32.6. The second kappa shape index (κ2) is 19.2. The molecule has 2 aromatic carbocycles. The predicted molar refractivity (Wildman–Crippen MR) is 239 cm³/mol. The quantitative estimate of drug-likeness (QED) is 0.0790. The van der Waals surface area contributed by atoms with Crippen LogP contribution >= 0.6 is 11.6 Å². The van der Waals surface area contributed by atoms with Crippen LogP contribution in [-0.4, -0.2) is 89.8 Å². The molecule has 6 rings (SSSR count). The van der Waals surface area contributed by atoms with Gasteiger partial charge in [0, 0.05) is 48.0 Å². The van der Waals surface area contributed by atoms with Crippen LogP contribution < -0.4 is 20.7 Å². The lowest BCUT2D eigenvalue weighted by molar-refractivity contribution is -0.143. The van der Waals surface area contributed by atoms with Crippen LogP contribution in [0.25, 0.3) is 22.0 Å². The number of fused-ring (bicyclic) bond motifs is 2. The molecule has 0 saturated carbocycles. The number of hydrogen-bond acceptors (Lipinski definition) is 10. The molecule has 5 aromatic rings. The van der Waals surface area contributed by atoms with E-state index in [0.29, 0.717) is 12.3 Å². The number of carbonyl (C=O) groups excluding carboxylic acids is 2. The van der Waals surface area contributed by atoms with Gasteiger partial charge in [-0.1, -0.05) is 37.4 Å². The average molecular weight is 1070 g/mol. The van der Waals surface area contributed by atoms with Crippen molar-refractivity contribution in [1.29, 1.82) is 0 Å². The van der Waals surface area contributed by atoms with Gasteiger partial charge in [-0.15, -0.1) is 0 Å². The van der Waals surface area contributed by atoms with Crippen LogP contribution in [0.15, 0.2) is 42.5 Å². The molecule has 0 fully saturated rings. The lowest BCUT2D eigenvalue weighted by Crippen LogP contribution is -2.45. The summed E-state index contributed by atoms with van der Waals surface area (Å²) in [5, 5.41) is 10.9. The van der Waals surface area contributed by atoms with Crippen molar-refractivity contribution in [1.82, 2.24) is 35.2 Å². The Morgan fingerprint density at radius 1 is 0.944 bits per heavy atom. The van der Waals surface area contributed by atoms with Gasteiger partial charge >= 0.3 is 18.4 Å². The summed E-state index contributed by atoms with van der Waals surface area (Å²) in [5.74, 6) is -6.49. The van der Waals surface area contributed by atoms with E-state index in [4.69, 9.17) is 17.3 Å². The summed E-state index contributed by atoms with van der Waals surface area (Å²) in [4.78, 5) is 32.1. The third-order valence-corrected chi connectivity index (χ3v) is 14.9. The number of nitrogens with one attached hydrogen (secondary N) is 2. The molecule has 3 amide bonds. The SMILES string of the molecule is C[C@@H]1c2c(C(F)(F)F)nn(CC(=O)N[C@@H](Cc3cc(F)cc(F)c3)c3nc(C#CC(C)(C)S(C)(=O)=O)ccc3-c3ccc(Cl)c4c(N(C(=O)NCCN)S(C)(=O)=O)nn(CC(F)(F)F)c34)c2C(F)(F)[C@@H]1C. The molecule has 15 nitrogen and oxygen atoms in total. The van der Waals surface area contributed by atoms with E-state index >= 15 is 8.78 Å². The molecule has 0 spiro atoms. The third kappa shape index (κ3) is 11.2. The van der Waals surface area contributed by atoms with Crippen molar-refractivity contribution in [3.8, 4) is 23.0 Å². The Hall–Kier alpha value is -5.98. The number of carbonyl (C=O) groups is 2. The number of rotatable bonds is 13. The van der Waals surface area contributed by atoms with Crippen molar-refractivity contribution in [2.45, 2.75) is 82.2 Å². The third-order valence-electron chi connectivity index (χ3n) is 11.6. The summed E-state index contributed by atoms with van der Waals surface area (Å²) in [6.07, 6.45) is -9.67. The van der Waals surface area contributed by atoms with E-state index in [1.807, 2.05) is 0 Å². The number of halogens is 11. The molecular formula is C43H42ClF10N9O6S2. The first-order valence-electron chi connectivity index (χ1n) is 20.9. The van der Waals surface area contributed by atoms with Crippen LogP contribution in [0.3, 0.4) is 0 Å². The molecule has 0 unspecified atom stereocenters. The Morgan fingerprint density at radius 2 is 1.56 bits per heavy atom. The largest absolute Gasteiger partial charge is 0.435 e. The topological polar surface area (TPSA) is 204 Å². The maximum absolute atomic E-state index is 15.8. The number of nitrogens with zero attached hydrogens (tertiary/aromatic N) is 6. The molecule has 71 heavy (non-hydrogen) atoms. The van der Waals surface area contributed by atoms with Crippen LogP contribution in [0.5, 0.6) is 0 Å². The molecule has 0 saturated heterocycles. The summed E-state index contributed by atoms with van der Waals surface area (Å²) >= 11 is 6.60. The van der Waals surface area contributed by atoms with E-state index in [2.05, 4.69) is 37.7 Å². The standard InChI is InChI=1S/C43H42ClF10N9O6S2/c1-21-22(2)42(50,51)37-32(21)36(43(52,53)54)59-61(37)19-31(64)58-30(17-23-15-24(45)18-25(46)16-23)34-27(8-7-26(57-34)11-12-40(3,4)70(5,66)67)28-9-10-29(44)33-35(28)62(20-41(47,48)49)60-38(33)63(71(6,68)69)39(65)56-14-13-55/h7-10,15-16,18,21-22,30H,13-14,17,19-20,55H2,1-6H3,(H,56,65)(H,58,64)/t21-,22+,30-/m0/s1. The smallest absolute Gasteiger partial charge is 0.346 e. The highest BCUT2D eigenvalue weighted by Crippen LogP contribution is 2.55. The fourth-order valence-electron chi connectivity index (χ4n) is 7.82. The van der Waals surface area contributed by atoms with Crippen molar-refractivity contribution in [3.05, 3.63) is 93.0 Å². The number of hydrogen-bond donors (Lipinski definition) is 3. The lowest BCUT2D eigenvalue weighted by atomic mass is 9.93. The number of anilines is 1. The van der Waals surface area contributed by atoms with Gasteiger partial charge in [-0.05, 0) is 68.0 Å².